The van der Waals surface area contributed by atoms with Crippen LogP contribution in [-0.2, 0) is 6.73 Å². The summed E-state index contributed by atoms with van der Waals surface area (Å²) in [5.41, 5.74) is 7.84. The number of aryl methyl sites for hydroxylation is 2. The van der Waals surface area contributed by atoms with E-state index in [0.29, 0.717) is 21.7 Å². The minimum Gasteiger partial charge on any atom is -0.471 e. The summed E-state index contributed by atoms with van der Waals surface area (Å²) in [5, 5.41) is 8.12. The summed E-state index contributed by atoms with van der Waals surface area (Å²) in [7, 11) is 0. The molecule has 0 spiro atoms. The van der Waals surface area contributed by atoms with Gasteiger partial charge in [-0.3, -0.25) is 9.59 Å². The summed E-state index contributed by atoms with van der Waals surface area (Å²) in [4.78, 5) is 29.6. The summed E-state index contributed by atoms with van der Waals surface area (Å²) < 4.78 is 34.1. The third-order valence-electron chi connectivity index (χ3n) is 6.06. The summed E-state index contributed by atoms with van der Waals surface area (Å²) in [6.07, 6.45) is 0.477. The fourth-order valence-electron chi connectivity index (χ4n) is 4.13. The quantitative estimate of drug-likeness (QED) is 0.283. The molecule has 0 unspecified atom stereocenters. The number of nitrogens with one attached hydrogen (secondary N) is 1. The highest BCUT2D eigenvalue weighted by molar-refractivity contribution is 7.21. The number of carbonyl (C=O) groups is 2. The number of aromatic nitrogens is 3. The van der Waals surface area contributed by atoms with Gasteiger partial charge in [0.25, 0.3) is 18.2 Å². The number of amides is 2. The maximum absolute atomic E-state index is 13.4. The zero-order valence-corrected chi connectivity index (χ0v) is 21.4. The minimum atomic E-state index is -2.76. The Bertz CT molecular complexity index is 1520. The number of benzene rings is 1. The number of fused-ring (bicyclic) bond motifs is 1. The van der Waals surface area contributed by atoms with Gasteiger partial charge in [-0.25, -0.2) is 18.4 Å². The molecule has 37 heavy (non-hydrogen) atoms. The molecule has 1 fully saturated rings. The fraction of sp³-hybridized carbons (Fsp3) is 0.280. The number of rotatable bonds is 8. The molecule has 0 saturated heterocycles. The lowest BCUT2D eigenvalue weighted by Crippen LogP contribution is -2.18. The van der Waals surface area contributed by atoms with Gasteiger partial charge < -0.3 is 15.8 Å². The third-order valence-corrected chi connectivity index (χ3v) is 7.76. The molecule has 4 aromatic rings. The first-order chi connectivity index (χ1) is 17.6. The van der Waals surface area contributed by atoms with Crippen molar-refractivity contribution >= 4 is 50.7 Å². The molecule has 3 N–H and O–H groups in total. The van der Waals surface area contributed by atoms with Crippen molar-refractivity contribution in [3.63, 3.8) is 0 Å². The molecule has 3 aromatic heterocycles. The van der Waals surface area contributed by atoms with Gasteiger partial charge in [-0.1, -0.05) is 11.6 Å². The number of thiophene rings is 1. The van der Waals surface area contributed by atoms with E-state index in [2.05, 4.69) is 15.4 Å². The number of halogens is 3. The number of carbonyl (C=O) groups excluding carboxylic acids is 2. The average Bonchev–Trinajstić information content (AvgIpc) is 3.47. The van der Waals surface area contributed by atoms with E-state index < -0.39 is 18.2 Å². The number of anilines is 1. The highest BCUT2D eigenvalue weighted by Crippen LogP contribution is 2.48. The van der Waals surface area contributed by atoms with Crippen molar-refractivity contribution in [1.82, 2.24) is 14.8 Å². The van der Waals surface area contributed by atoms with Crippen molar-refractivity contribution in [1.29, 1.82) is 0 Å². The molecule has 12 heteroatoms. The molecule has 2 amide bonds. The molecule has 1 aliphatic carbocycles. The Morgan fingerprint density at radius 1 is 1.27 bits per heavy atom. The van der Waals surface area contributed by atoms with E-state index in [1.165, 1.54) is 16.8 Å². The first-order valence-electron chi connectivity index (χ1n) is 11.4. The Kier molecular flexibility index (Phi) is 6.59. The standard InChI is InChI=1S/C25H22ClF2N5O3S/c1-11-7-14(8-12(2)19(11)26)36-10-33-6-5-16(32-33)24(35)31-20-18-15(13-3-4-13)9-17(22(27)28)30-25(18)37-21(20)23(29)34/h5-9,13,22H,3-4,10H2,1-2H3,(H2,29,34)(H,31,35). The van der Waals surface area contributed by atoms with Crippen LogP contribution in [0, 0.1) is 13.8 Å². The molecular formula is C25H22ClF2N5O3S. The van der Waals surface area contributed by atoms with Crippen molar-refractivity contribution in [3.05, 3.63) is 68.4 Å². The van der Waals surface area contributed by atoms with Crippen molar-refractivity contribution in [2.24, 2.45) is 5.73 Å². The molecular weight excluding hydrogens is 524 g/mol. The number of hydrogen-bond acceptors (Lipinski definition) is 6. The molecule has 3 heterocycles. The molecule has 0 atom stereocenters. The van der Waals surface area contributed by atoms with Crippen LogP contribution in [0.3, 0.4) is 0 Å². The molecule has 0 bridgehead atoms. The van der Waals surface area contributed by atoms with Gasteiger partial charge in [0.15, 0.2) is 12.4 Å². The van der Waals surface area contributed by atoms with Crippen LogP contribution in [0.4, 0.5) is 14.5 Å². The Morgan fingerprint density at radius 2 is 1.97 bits per heavy atom. The predicted molar refractivity (Wildman–Crippen MR) is 137 cm³/mol. The number of nitrogens with zero attached hydrogens (tertiary/aromatic N) is 3. The number of primary amides is 1. The van der Waals surface area contributed by atoms with Gasteiger partial charge in [0.05, 0.1) is 5.69 Å². The normalized spacial score (nSPS) is 13.4. The van der Waals surface area contributed by atoms with E-state index in [0.717, 1.165) is 35.3 Å². The lowest BCUT2D eigenvalue weighted by Gasteiger charge is -2.10. The van der Waals surface area contributed by atoms with E-state index in [9.17, 15) is 18.4 Å². The largest absolute Gasteiger partial charge is 0.471 e. The summed E-state index contributed by atoms with van der Waals surface area (Å²) in [5.74, 6) is -0.699. The van der Waals surface area contributed by atoms with Gasteiger partial charge in [0, 0.05) is 16.6 Å². The van der Waals surface area contributed by atoms with Crippen molar-refractivity contribution in [2.45, 2.75) is 45.8 Å². The summed E-state index contributed by atoms with van der Waals surface area (Å²) in [6, 6.07) is 6.48. The minimum absolute atomic E-state index is 0.0420. The van der Waals surface area contributed by atoms with Crippen LogP contribution in [0.2, 0.25) is 5.02 Å². The van der Waals surface area contributed by atoms with Crippen molar-refractivity contribution in [2.75, 3.05) is 5.32 Å². The van der Waals surface area contributed by atoms with Gasteiger partial charge in [-0.2, -0.15) is 5.10 Å². The molecule has 0 aliphatic heterocycles. The second-order valence-electron chi connectivity index (χ2n) is 8.90. The topological polar surface area (TPSA) is 112 Å². The maximum Gasteiger partial charge on any atom is 0.280 e. The second kappa shape index (κ2) is 9.71. The molecule has 1 saturated carbocycles. The number of hydrogen-bond donors (Lipinski definition) is 2. The van der Waals surface area contributed by atoms with Crippen LogP contribution in [0.5, 0.6) is 5.75 Å². The van der Waals surface area contributed by atoms with E-state index in [1.54, 1.807) is 6.20 Å². The van der Waals surface area contributed by atoms with Crippen LogP contribution < -0.4 is 15.8 Å². The number of alkyl halides is 2. The Labute approximate surface area is 219 Å². The predicted octanol–water partition coefficient (Wildman–Crippen LogP) is 5.97. The molecule has 1 aromatic carbocycles. The van der Waals surface area contributed by atoms with Gasteiger partial charge in [0.1, 0.15) is 21.2 Å². The van der Waals surface area contributed by atoms with Crippen LogP contribution in [0.1, 0.15) is 67.7 Å². The summed E-state index contributed by atoms with van der Waals surface area (Å²) in [6.45, 7) is 3.81. The van der Waals surface area contributed by atoms with E-state index in [-0.39, 0.29) is 39.4 Å². The monoisotopic (exact) mass is 545 g/mol. The van der Waals surface area contributed by atoms with E-state index in [1.807, 2.05) is 26.0 Å². The van der Waals surface area contributed by atoms with Crippen LogP contribution >= 0.6 is 22.9 Å². The first kappa shape index (κ1) is 25.1. The third kappa shape index (κ3) is 5.01. The fourth-order valence-corrected chi connectivity index (χ4v) is 5.26. The van der Waals surface area contributed by atoms with Gasteiger partial charge in [-0.15, -0.1) is 11.3 Å². The van der Waals surface area contributed by atoms with Crippen LogP contribution in [-0.4, -0.2) is 26.6 Å². The van der Waals surface area contributed by atoms with E-state index in [4.69, 9.17) is 22.1 Å². The van der Waals surface area contributed by atoms with Crippen molar-refractivity contribution in [3.8, 4) is 5.75 Å². The van der Waals surface area contributed by atoms with Gasteiger partial charge in [-0.05, 0) is 73.6 Å². The lowest BCUT2D eigenvalue weighted by molar-refractivity contribution is 0.100. The van der Waals surface area contributed by atoms with Gasteiger partial charge in [0.2, 0.25) is 0 Å². The second-order valence-corrected chi connectivity index (χ2v) is 10.3. The number of nitrogens with two attached hydrogens (primary N) is 1. The number of ether oxygens (including phenoxy) is 1. The Morgan fingerprint density at radius 3 is 2.59 bits per heavy atom. The van der Waals surface area contributed by atoms with Crippen LogP contribution in [0.15, 0.2) is 30.5 Å². The molecule has 192 valence electrons. The zero-order chi connectivity index (χ0) is 26.4. The van der Waals surface area contributed by atoms with Crippen LogP contribution in [0.25, 0.3) is 10.2 Å². The van der Waals surface area contributed by atoms with Crippen molar-refractivity contribution < 1.29 is 23.1 Å². The zero-order valence-electron chi connectivity index (χ0n) is 19.8. The molecule has 8 nitrogen and oxygen atoms in total. The highest BCUT2D eigenvalue weighted by atomic mass is 35.5. The SMILES string of the molecule is Cc1cc(OCn2ccc(C(=O)Nc3c(C(N)=O)sc4nc(C(F)F)cc(C5CC5)c34)n2)cc(C)c1Cl. The van der Waals surface area contributed by atoms with Gasteiger partial charge >= 0.3 is 0 Å². The molecule has 0 radical (unpaired) electrons. The smallest absolute Gasteiger partial charge is 0.280 e. The van der Waals surface area contributed by atoms with E-state index >= 15 is 0 Å². The first-order valence-corrected chi connectivity index (χ1v) is 12.6. The Balaban J connectivity index is 1.40. The molecule has 5 rings (SSSR count). The highest BCUT2D eigenvalue weighted by Gasteiger charge is 2.32. The average molecular weight is 546 g/mol. The summed E-state index contributed by atoms with van der Waals surface area (Å²) >= 11 is 7.08. The number of pyridine rings is 1. The lowest BCUT2D eigenvalue weighted by atomic mass is 10.0. The Hall–Kier alpha value is -3.57. The molecule has 1 aliphatic rings. The maximum atomic E-state index is 13.4.